The van der Waals surface area contributed by atoms with Gasteiger partial charge in [-0.3, -0.25) is 9.63 Å². The minimum Gasteiger partial charge on any atom is -0.350 e. The molecule has 1 aromatic rings. The van der Waals surface area contributed by atoms with Crippen LogP contribution in [0.3, 0.4) is 0 Å². The Morgan fingerprint density at radius 3 is 2.48 bits per heavy atom. The number of hydrogen-bond acceptors (Lipinski definition) is 4. The van der Waals surface area contributed by atoms with Gasteiger partial charge in [-0.1, -0.05) is 24.4 Å². The number of hydroxylamine groups is 1. The largest absolute Gasteiger partial charge is 0.350 e. The molecular weight excluding hydrogens is 316 g/mol. The highest BCUT2D eigenvalue weighted by Gasteiger charge is 2.22. The van der Waals surface area contributed by atoms with Gasteiger partial charge in [-0.25, -0.2) is 8.42 Å². The van der Waals surface area contributed by atoms with Crippen molar-refractivity contribution in [2.24, 2.45) is 5.92 Å². The molecule has 1 unspecified atom stereocenters. The molecule has 1 N–H and O–H groups in total. The van der Waals surface area contributed by atoms with E-state index in [1.165, 1.54) is 26.3 Å². The Bertz CT molecular complexity index is 629. The summed E-state index contributed by atoms with van der Waals surface area (Å²) in [5.74, 6) is 0.297. The van der Waals surface area contributed by atoms with Crippen molar-refractivity contribution in [2.75, 3.05) is 14.2 Å². The van der Waals surface area contributed by atoms with Crippen LogP contribution >= 0.6 is 0 Å². The molecule has 0 fully saturated rings. The smallest absolute Gasteiger partial charge is 0.264 e. The predicted molar refractivity (Wildman–Crippen MR) is 89.4 cm³/mol. The molecule has 6 nitrogen and oxygen atoms in total. The fourth-order valence-electron chi connectivity index (χ4n) is 2.01. The standard InChI is InChI=1S/C16H26N2O4S/c1-12(2)9-10-13(3)17-16(19)14-7-6-8-15(11-14)23(20,21)18(4)22-5/h6-8,11-13H,9-10H2,1-5H3,(H,17,19). The van der Waals surface area contributed by atoms with Crippen molar-refractivity contribution < 1.29 is 18.0 Å². The molecule has 0 radical (unpaired) electrons. The average Bonchev–Trinajstić information content (AvgIpc) is 2.52. The zero-order chi connectivity index (χ0) is 17.6. The molecule has 0 aliphatic carbocycles. The molecule has 0 spiro atoms. The third-order valence-corrected chi connectivity index (χ3v) is 5.22. The molecule has 0 bridgehead atoms. The number of rotatable bonds is 8. The summed E-state index contributed by atoms with van der Waals surface area (Å²) in [6.45, 7) is 6.21. The lowest BCUT2D eigenvalue weighted by Crippen LogP contribution is -2.33. The number of nitrogens with one attached hydrogen (secondary N) is 1. The average molecular weight is 342 g/mol. The van der Waals surface area contributed by atoms with E-state index in [1.54, 1.807) is 12.1 Å². The maximum absolute atomic E-state index is 12.3. The molecule has 0 heterocycles. The Morgan fingerprint density at radius 2 is 1.91 bits per heavy atom. The van der Waals surface area contributed by atoms with E-state index in [2.05, 4.69) is 19.2 Å². The van der Waals surface area contributed by atoms with Crippen molar-refractivity contribution in [1.29, 1.82) is 0 Å². The highest BCUT2D eigenvalue weighted by Crippen LogP contribution is 2.16. The number of nitrogens with zero attached hydrogens (tertiary/aromatic N) is 1. The van der Waals surface area contributed by atoms with Gasteiger partial charge in [0.15, 0.2) is 0 Å². The lowest BCUT2D eigenvalue weighted by Gasteiger charge is -2.16. The first kappa shape index (κ1) is 19.6. The van der Waals surface area contributed by atoms with Crippen molar-refractivity contribution in [3.8, 4) is 0 Å². The Balaban J connectivity index is 2.86. The van der Waals surface area contributed by atoms with E-state index in [0.29, 0.717) is 11.5 Å². The van der Waals surface area contributed by atoms with Crippen molar-refractivity contribution in [3.05, 3.63) is 29.8 Å². The second-order valence-electron chi connectivity index (χ2n) is 5.97. The summed E-state index contributed by atoms with van der Waals surface area (Å²) >= 11 is 0. The van der Waals surface area contributed by atoms with Gasteiger partial charge in [0, 0.05) is 18.7 Å². The van der Waals surface area contributed by atoms with Gasteiger partial charge in [0.25, 0.3) is 15.9 Å². The Hall–Kier alpha value is -1.44. The quantitative estimate of drug-likeness (QED) is 0.736. The first-order valence-corrected chi connectivity index (χ1v) is 9.06. The summed E-state index contributed by atoms with van der Waals surface area (Å²) in [6.07, 6.45) is 1.91. The predicted octanol–water partition coefficient (Wildman–Crippen LogP) is 2.42. The molecule has 7 heteroatoms. The van der Waals surface area contributed by atoms with Gasteiger partial charge in [0.1, 0.15) is 0 Å². The van der Waals surface area contributed by atoms with Crippen molar-refractivity contribution in [3.63, 3.8) is 0 Å². The van der Waals surface area contributed by atoms with E-state index < -0.39 is 10.0 Å². The van der Waals surface area contributed by atoms with E-state index >= 15 is 0 Å². The summed E-state index contributed by atoms with van der Waals surface area (Å²) in [4.78, 5) is 17.0. The molecule has 1 aromatic carbocycles. The first-order valence-electron chi connectivity index (χ1n) is 7.62. The number of sulfonamides is 1. The lowest BCUT2D eigenvalue weighted by atomic mass is 10.0. The number of hydrogen-bond donors (Lipinski definition) is 1. The fraction of sp³-hybridized carbons (Fsp3) is 0.562. The van der Waals surface area contributed by atoms with Crippen LogP contribution in [0, 0.1) is 5.92 Å². The number of carbonyl (C=O) groups excluding carboxylic acids is 1. The van der Waals surface area contributed by atoms with Gasteiger partial charge >= 0.3 is 0 Å². The van der Waals surface area contributed by atoms with Gasteiger partial charge in [-0.15, -0.1) is 0 Å². The van der Waals surface area contributed by atoms with Crippen LogP contribution in [0.2, 0.25) is 0 Å². The number of amides is 1. The van der Waals surface area contributed by atoms with Crippen LogP contribution in [-0.4, -0.2) is 39.0 Å². The third kappa shape index (κ3) is 5.60. The van der Waals surface area contributed by atoms with Gasteiger partial charge in [-0.2, -0.15) is 0 Å². The van der Waals surface area contributed by atoms with Crippen LogP contribution in [0.4, 0.5) is 0 Å². The van der Waals surface area contributed by atoms with Crippen molar-refractivity contribution in [1.82, 2.24) is 9.79 Å². The fourth-order valence-corrected chi connectivity index (χ4v) is 3.03. The molecule has 0 aromatic heterocycles. The summed E-state index contributed by atoms with van der Waals surface area (Å²) in [5, 5.41) is 2.89. The first-order chi connectivity index (χ1) is 10.7. The summed E-state index contributed by atoms with van der Waals surface area (Å²) in [7, 11) is -1.19. The molecule has 0 aliphatic heterocycles. The summed E-state index contributed by atoms with van der Waals surface area (Å²) in [5.41, 5.74) is 0.312. The number of benzene rings is 1. The molecule has 130 valence electrons. The van der Waals surface area contributed by atoms with Crippen molar-refractivity contribution in [2.45, 2.75) is 44.6 Å². The zero-order valence-corrected chi connectivity index (χ0v) is 15.2. The highest BCUT2D eigenvalue weighted by molar-refractivity contribution is 7.89. The Kier molecular flexibility index (Phi) is 7.18. The molecule has 0 saturated heterocycles. The van der Waals surface area contributed by atoms with Crippen LogP contribution < -0.4 is 5.32 Å². The van der Waals surface area contributed by atoms with Gasteiger partial charge in [0.2, 0.25) is 0 Å². The molecule has 0 aliphatic rings. The molecule has 0 saturated carbocycles. The zero-order valence-electron chi connectivity index (χ0n) is 14.4. The molecule has 1 rings (SSSR count). The maximum Gasteiger partial charge on any atom is 0.264 e. The van der Waals surface area contributed by atoms with E-state index in [4.69, 9.17) is 4.84 Å². The Morgan fingerprint density at radius 1 is 1.26 bits per heavy atom. The van der Waals surface area contributed by atoms with E-state index in [0.717, 1.165) is 17.3 Å². The van der Waals surface area contributed by atoms with Crippen LogP contribution in [0.25, 0.3) is 0 Å². The summed E-state index contributed by atoms with van der Waals surface area (Å²) in [6, 6.07) is 5.96. The van der Waals surface area contributed by atoms with Crippen LogP contribution in [0.15, 0.2) is 29.2 Å². The van der Waals surface area contributed by atoms with E-state index in [9.17, 15) is 13.2 Å². The lowest BCUT2D eigenvalue weighted by molar-refractivity contribution is -0.0258. The molecule has 1 atom stereocenters. The number of carbonyl (C=O) groups is 1. The van der Waals surface area contributed by atoms with E-state index in [-0.39, 0.29) is 16.8 Å². The SMILES string of the molecule is CON(C)S(=O)(=O)c1cccc(C(=O)NC(C)CCC(C)C)c1. The normalized spacial score (nSPS) is 13.3. The second-order valence-corrected chi connectivity index (χ2v) is 7.91. The topological polar surface area (TPSA) is 75.7 Å². The Labute approximate surface area is 138 Å². The van der Waals surface area contributed by atoms with Gasteiger partial charge < -0.3 is 5.32 Å². The molecule has 1 amide bonds. The minimum atomic E-state index is -3.76. The van der Waals surface area contributed by atoms with Gasteiger partial charge in [0.05, 0.1) is 12.0 Å². The minimum absolute atomic E-state index is 0.0179. The van der Waals surface area contributed by atoms with Gasteiger partial charge in [-0.05, 0) is 43.9 Å². The second kappa shape index (κ2) is 8.42. The van der Waals surface area contributed by atoms with E-state index in [1.807, 2.05) is 6.92 Å². The van der Waals surface area contributed by atoms with Crippen molar-refractivity contribution >= 4 is 15.9 Å². The van der Waals surface area contributed by atoms with Crippen LogP contribution in [0.5, 0.6) is 0 Å². The molecule has 23 heavy (non-hydrogen) atoms. The molecular formula is C16H26N2O4S. The monoisotopic (exact) mass is 342 g/mol. The maximum atomic E-state index is 12.3. The summed E-state index contributed by atoms with van der Waals surface area (Å²) < 4.78 is 25.2. The third-order valence-electron chi connectivity index (χ3n) is 3.54. The van der Waals surface area contributed by atoms with Crippen LogP contribution in [0.1, 0.15) is 44.0 Å². The highest BCUT2D eigenvalue weighted by atomic mass is 32.2. The van der Waals surface area contributed by atoms with Crippen LogP contribution in [-0.2, 0) is 14.9 Å².